The standard InChI is InChI=1S/C19H22N6O/c1-11(2)25-18(22-19(20)23-25)15-10-24-7-8-26-16-9-13(12-3-4-12)5-6-14(16)17(24)21-15/h5-6,9-12H,3-4,7-8H2,1-2H3,(H2,20,23). The van der Waals surface area contributed by atoms with E-state index < -0.39 is 0 Å². The lowest BCUT2D eigenvalue weighted by Gasteiger charge is -2.09. The third-order valence-electron chi connectivity index (χ3n) is 5.03. The van der Waals surface area contributed by atoms with Gasteiger partial charge in [-0.25, -0.2) is 9.67 Å². The summed E-state index contributed by atoms with van der Waals surface area (Å²) < 4.78 is 9.96. The summed E-state index contributed by atoms with van der Waals surface area (Å²) in [7, 11) is 0. The van der Waals surface area contributed by atoms with E-state index in [0.29, 0.717) is 18.3 Å². The summed E-state index contributed by atoms with van der Waals surface area (Å²) in [5.41, 5.74) is 9.02. The van der Waals surface area contributed by atoms with E-state index in [4.69, 9.17) is 15.5 Å². The average molecular weight is 350 g/mol. The highest BCUT2D eigenvalue weighted by molar-refractivity contribution is 5.69. The van der Waals surface area contributed by atoms with Crippen molar-refractivity contribution in [3.8, 4) is 28.7 Å². The molecule has 134 valence electrons. The topological polar surface area (TPSA) is 83.8 Å². The summed E-state index contributed by atoms with van der Waals surface area (Å²) >= 11 is 0. The quantitative estimate of drug-likeness (QED) is 0.784. The fourth-order valence-electron chi connectivity index (χ4n) is 3.55. The van der Waals surface area contributed by atoms with Gasteiger partial charge < -0.3 is 15.0 Å². The molecule has 0 spiro atoms. The van der Waals surface area contributed by atoms with E-state index in [1.165, 1.54) is 18.4 Å². The number of anilines is 1. The van der Waals surface area contributed by atoms with Crippen LogP contribution in [0.4, 0.5) is 5.95 Å². The molecule has 2 aromatic heterocycles. The number of benzene rings is 1. The Morgan fingerprint density at radius 2 is 2.04 bits per heavy atom. The van der Waals surface area contributed by atoms with Gasteiger partial charge in [0.1, 0.15) is 23.9 Å². The Hall–Kier alpha value is -2.83. The van der Waals surface area contributed by atoms with Crippen molar-refractivity contribution in [3.63, 3.8) is 0 Å². The zero-order chi connectivity index (χ0) is 17.8. The lowest BCUT2D eigenvalue weighted by Crippen LogP contribution is -2.06. The zero-order valence-electron chi connectivity index (χ0n) is 15.0. The van der Waals surface area contributed by atoms with Gasteiger partial charge in [-0.2, -0.15) is 4.98 Å². The molecule has 1 aliphatic heterocycles. The number of nitrogen functional groups attached to an aromatic ring is 1. The highest BCUT2D eigenvalue weighted by Crippen LogP contribution is 2.43. The minimum atomic E-state index is 0.160. The maximum atomic E-state index is 6.01. The summed E-state index contributed by atoms with van der Waals surface area (Å²) in [6, 6.07) is 6.69. The van der Waals surface area contributed by atoms with Gasteiger partial charge in [-0.05, 0) is 50.3 Å². The van der Waals surface area contributed by atoms with Gasteiger partial charge >= 0.3 is 0 Å². The van der Waals surface area contributed by atoms with Crippen molar-refractivity contribution in [1.82, 2.24) is 24.3 Å². The molecule has 1 saturated carbocycles. The number of nitrogens with zero attached hydrogens (tertiary/aromatic N) is 5. The summed E-state index contributed by atoms with van der Waals surface area (Å²) in [5, 5.41) is 4.30. The number of nitrogens with two attached hydrogens (primary N) is 1. The number of hydrogen-bond acceptors (Lipinski definition) is 5. The number of hydrogen-bond donors (Lipinski definition) is 1. The Balaban J connectivity index is 1.61. The Morgan fingerprint density at radius 3 is 2.81 bits per heavy atom. The molecule has 0 amide bonds. The minimum Gasteiger partial charge on any atom is -0.491 e. The first-order valence-corrected chi connectivity index (χ1v) is 9.17. The molecule has 26 heavy (non-hydrogen) atoms. The van der Waals surface area contributed by atoms with E-state index in [-0.39, 0.29) is 12.0 Å². The van der Waals surface area contributed by atoms with Crippen molar-refractivity contribution in [2.24, 2.45) is 0 Å². The first-order chi connectivity index (χ1) is 12.6. The van der Waals surface area contributed by atoms with E-state index in [0.717, 1.165) is 29.4 Å². The zero-order valence-corrected chi connectivity index (χ0v) is 15.0. The molecule has 3 heterocycles. The molecule has 0 saturated heterocycles. The predicted octanol–water partition coefficient (Wildman–Crippen LogP) is 3.24. The second-order valence-electron chi connectivity index (χ2n) is 7.35. The van der Waals surface area contributed by atoms with Crippen LogP contribution in [0.1, 0.15) is 44.2 Å². The van der Waals surface area contributed by atoms with Gasteiger partial charge in [-0.3, -0.25) is 0 Å². The average Bonchev–Trinajstić information content (AvgIpc) is 3.31. The van der Waals surface area contributed by atoms with Crippen molar-refractivity contribution in [1.29, 1.82) is 0 Å². The van der Waals surface area contributed by atoms with E-state index in [1.807, 2.05) is 10.9 Å². The molecule has 7 nitrogen and oxygen atoms in total. The summed E-state index contributed by atoms with van der Waals surface area (Å²) in [6.45, 7) is 5.49. The Morgan fingerprint density at radius 1 is 1.19 bits per heavy atom. The van der Waals surface area contributed by atoms with E-state index in [2.05, 4.69) is 46.7 Å². The van der Waals surface area contributed by atoms with E-state index in [9.17, 15) is 0 Å². The van der Waals surface area contributed by atoms with E-state index >= 15 is 0 Å². The van der Waals surface area contributed by atoms with Crippen molar-refractivity contribution in [3.05, 3.63) is 30.0 Å². The first-order valence-electron chi connectivity index (χ1n) is 9.17. The Kier molecular flexibility index (Phi) is 3.32. The molecule has 0 radical (unpaired) electrons. The maximum absolute atomic E-state index is 6.01. The van der Waals surface area contributed by atoms with Gasteiger partial charge in [0.15, 0.2) is 5.82 Å². The molecule has 2 N–H and O–H groups in total. The second-order valence-corrected chi connectivity index (χ2v) is 7.35. The molecule has 7 heteroatoms. The largest absolute Gasteiger partial charge is 0.491 e. The van der Waals surface area contributed by atoms with Crippen LogP contribution < -0.4 is 10.5 Å². The fraction of sp³-hybridized carbons (Fsp3) is 0.421. The summed E-state index contributed by atoms with van der Waals surface area (Å²) in [5.74, 6) is 3.52. The van der Waals surface area contributed by atoms with Crippen LogP contribution in [0.25, 0.3) is 22.9 Å². The van der Waals surface area contributed by atoms with Crippen LogP contribution in [-0.2, 0) is 6.54 Å². The molecule has 1 aliphatic carbocycles. The number of imidazole rings is 1. The predicted molar refractivity (Wildman–Crippen MR) is 98.9 cm³/mol. The van der Waals surface area contributed by atoms with Crippen LogP contribution in [0.2, 0.25) is 0 Å². The first kappa shape index (κ1) is 15.4. The summed E-state index contributed by atoms with van der Waals surface area (Å²) in [6.07, 6.45) is 4.58. The summed E-state index contributed by atoms with van der Waals surface area (Å²) in [4.78, 5) is 9.27. The van der Waals surface area contributed by atoms with Gasteiger partial charge in [-0.1, -0.05) is 6.07 Å². The van der Waals surface area contributed by atoms with Gasteiger partial charge in [0.2, 0.25) is 5.95 Å². The normalized spacial score (nSPS) is 16.1. The molecule has 3 aromatic rings. The molecule has 0 unspecified atom stereocenters. The van der Waals surface area contributed by atoms with Gasteiger partial charge in [0.25, 0.3) is 0 Å². The molecule has 2 aliphatic rings. The van der Waals surface area contributed by atoms with Crippen molar-refractivity contribution in [2.45, 2.75) is 45.2 Å². The molecule has 0 bridgehead atoms. The van der Waals surface area contributed by atoms with E-state index in [1.54, 1.807) is 0 Å². The van der Waals surface area contributed by atoms with Crippen LogP contribution in [-0.4, -0.2) is 30.9 Å². The third-order valence-corrected chi connectivity index (χ3v) is 5.03. The lowest BCUT2D eigenvalue weighted by molar-refractivity contribution is 0.306. The Bertz CT molecular complexity index is 982. The van der Waals surface area contributed by atoms with Gasteiger partial charge in [0, 0.05) is 12.2 Å². The number of fused-ring (bicyclic) bond motifs is 3. The van der Waals surface area contributed by atoms with Crippen LogP contribution in [0.3, 0.4) is 0 Å². The number of rotatable bonds is 3. The smallest absolute Gasteiger partial charge is 0.240 e. The van der Waals surface area contributed by atoms with Crippen LogP contribution in [0, 0.1) is 0 Å². The third kappa shape index (κ3) is 2.46. The van der Waals surface area contributed by atoms with Crippen LogP contribution in [0.5, 0.6) is 5.75 Å². The second kappa shape index (κ2) is 5.59. The molecule has 1 aromatic carbocycles. The van der Waals surface area contributed by atoms with Crippen LogP contribution >= 0.6 is 0 Å². The lowest BCUT2D eigenvalue weighted by atomic mass is 10.1. The molecule has 5 rings (SSSR count). The Labute approximate surface area is 151 Å². The maximum Gasteiger partial charge on any atom is 0.240 e. The van der Waals surface area contributed by atoms with Crippen LogP contribution in [0.15, 0.2) is 24.4 Å². The number of aromatic nitrogens is 5. The highest BCUT2D eigenvalue weighted by atomic mass is 16.5. The fourth-order valence-corrected chi connectivity index (χ4v) is 3.55. The molecular formula is C19H22N6O. The van der Waals surface area contributed by atoms with Gasteiger partial charge in [-0.15, -0.1) is 5.10 Å². The minimum absolute atomic E-state index is 0.160. The van der Waals surface area contributed by atoms with Crippen molar-refractivity contribution in [2.75, 3.05) is 12.3 Å². The van der Waals surface area contributed by atoms with Crippen molar-refractivity contribution < 1.29 is 4.74 Å². The van der Waals surface area contributed by atoms with Crippen molar-refractivity contribution >= 4 is 5.95 Å². The SMILES string of the molecule is CC(C)n1nc(N)nc1-c1cn2c(n1)-c1ccc(C3CC3)cc1OCC2. The molecule has 0 atom stereocenters. The highest BCUT2D eigenvalue weighted by Gasteiger charge is 2.27. The monoisotopic (exact) mass is 350 g/mol. The number of ether oxygens (including phenoxy) is 1. The molecule has 1 fully saturated rings. The van der Waals surface area contributed by atoms with Gasteiger partial charge in [0.05, 0.1) is 12.1 Å². The molecular weight excluding hydrogens is 328 g/mol.